The molecule has 2 aromatic heterocycles. The first-order valence-corrected chi connectivity index (χ1v) is 9.60. The number of H-pyrrole nitrogens is 1. The summed E-state index contributed by atoms with van der Waals surface area (Å²) in [5, 5.41) is 6.29. The molecule has 0 aliphatic heterocycles. The summed E-state index contributed by atoms with van der Waals surface area (Å²) in [6.45, 7) is 0. The number of nitrogens with zero attached hydrogens (tertiary/aromatic N) is 2. The maximum Gasteiger partial charge on any atom is 0.274 e. The summed E-state index contributed by atoms with van der Waals surface area (Å²) in [5.74, 6) is 0.212. The number of benzene rings is 1. The summed E-state index contributed by atoms with van der Waals surface area (Å²) < 4.78 is 1.61. The SMILES string of the molecule is Cn1[nH]c(=O)c2c(C(=O)NC3CCCc4ccccc43)cc(C3CC3)nc21. The summed E-state index contributed by atoms with van der Waals surface area (Å²) in [6.07, 6.45) is 5.19. The predicted molar refractivity (Wildman–Crippen MR) is 103 cm³/mol. The highest BCUT2D eigenvalue weighted by Crippen LogP contribution is 2.40. The highest BCUT2D eigenvalue weighted by atomic mass is 16.2. The quantitative estimate of drug-likeness (QED) is 0.752. The third-order valence-electron chi connectivity index (χ3n) is 5.75. The zero-order chi connectivity index (χ0) is 18.5. The van der Waals surface area contributed by atoms with E-state index < -0.39 is 0 Å². The first-order valence-electron chi connectivity index (χ1n) is 9.60. The van der Waals surface area contributed by atoms with E-state index in [9.17, 15) is 9.59 Å². The molecule has 6 nitrogen and oxygen atoms in total. The van der Waals surface area contributed by atoms with E-state index in [0.29, 0.717) is 22.5 Å². The number of carbonyl (C=O) groups excluding carboxylic acids is 1. The Kier molecular flexibility index (Phi) is 3.67. The Bertz CT molecular complexity index is 1110. The second-order valence-corrected chi connectivity index (χ2v) is 7.68. The van der Waals surface area contributed by atoms with E-state index in [4.69, 9.17) is 0 Å². The number of hydrogen-bond acceptors (Lipinski definition) is 3. The first kappa shape index (κ1) is 16.3. The number of rotatable bonds is 3. The van der Waals surface area contributed by atoms with E-state index >= 15 is 0 Å². The number of fused-ring (bicyclic) bond motifs is 2. The van der Waals surface area contributed by atoms with Crippen LogP contribution in [0.25, 0.3) is 11.0 Å². The third-order valence-corrected chi connectivity index (χ3v) is 5.75. The van der Waals surface area contributed by atoms with Gasteiger partial charge < -0.3 is 5.32 Å². The van der Waals surface area contributed by atoms with Gasteiger partial charge in [0.25, 0.3) is 11.5 Å². The molecule has 2 heterocycles. The number of aromatic amines is 1. The van der Waals surface area contributed by atoms with Crippen molar-refractivity contribution in [2.24, 2.45) is 7.05 Å². The van der Waals surface area contributed by atoms with Gasteiger partial charge in [0.1, 0.15) is 0 Å². The van der Waals surface area contributed by atoms with Crippen molar-refractivity contribution < 1.29 is 4.79 Å². The minimum absolute atomic E-state index is 0.0159. The van der Waals surface area contributed by atoms with Crippen molar-refractivity contribution in [1.29, 1.82) is 0 Å². The zero-order valence-electron chi connectivity index (χ0n) is 15.3. The van der Waals surface area contributed by atoms with Gasteiger partial charge in [0.2, 0.25) is 0 Å². The van der Waals surface area contributed by atoms with Crippen molar-refractivity contribution in [3.63, 3.8) is 0 Å². The molecule has 2 aliphatic carbocycles. The fourth-order valence-corrected chi connectivity index (χ4v) is 4.19. The highest BCUT2D eigenvalue weighted by Gasteiger charge is 2.29. The van der Waals surface area contributed by atoms with Crippen LogP contribution in [-0.4, -0.2) is 20.7 Å². The van der Waals surface area contributed by atoms with Gasteiger partial charge in [-0.05, 0) is 49.3 Å². The molecule has 5 rings (SSSR count). The van der Waals surface area contributed by atoms with Crippen molar-refractivity contribution in [2.75, 3.05) is 0 Å². The molecular weight excluding hydrogens is 340 g/mol. The molecule has 1 saturated carbocycles. The summed E-state index contributed by atoms with van der Waals surface area (Å²) in [7, 11) is 1.76. The van der Waals surface area contributed by atoms with Crippen molar-refractivity contribution in [3.8, 4) is 0 Å². The van der Waals surface area contributed by atoms with E-state index in [1.165, 1.54) is 11.1 Å². The van der Waals surface area contributed by atoms with Gasteiger partial charge in [0.05, 0.1) is 17.0 Å². The Morgan fingerprint density at radius 3 is 2.89 bits per heavy atom. The average Bonchev–Trinajstić information content (AvgIpc) is 3.48. The molecule has 1 fully saturated rings. The monoisotopic (exact) mass is 362 g/mol. The van der Waals surface area contributed by atoms with Crippen LogP contribution >= 0.6 is 0 Å². The van der Waals surface area contributed by atoms with E-state index in [-0.39, 0.29) is 17.5 Å². The first-order chi connectivity index (χ1) is 13.1. The molecule has 1 unspecified atom stereocenters. The Hall–Kier alpha value is -2.89. The van der Waals surface area contributed by atoms with Gasteiger partial charge in [-0.15, -0.1) is 0 Å². The van der Waals surface area contributed by atoms with Crippen LogP contribution in [0.15, 0.2) is 35.1 Å². The predicted octanol–water partition coefficient (Wildman–Crippen LogP) is 2.95. The standard InChI is InChI=1S/C21H22N4O2/c1-25-19-18(21(27)24-25)15(11-17(22-19)13-9-10-13)20(26)23-16-8-4-6-12-5-2-3-7-14(12)16/h2-3,5,7,11,13,16H,4,6,8-10H2,1H3,(H,23,26)(H,24,27). The second-order valence-electron chi connectivity index (χ2n) is 7.68. The Labute approximate surface area is 156 Å². The minimum Gasteiger partial charge on any atom is -0.345 e. The smallest absolute Gasteiger partial charge is 0.274 e. The maximum atomic E-state index is 13.2. The van der Waals surface area contributed by atoms with Crippen LogP contribution in [0.4, 0.5) is 0 Å². The molecule has 138 valence electrons. The van der Waals surface area contributed by atoms with Gasteiger partial charge in [-0.2, -0.15) is 0 Å². The van der Waals surface area contributed by atoms with Crippen molar-refractivity contribution in [3.05, 3.63) is 63.1 Å². The van der Waals surface area contributed by atoms with E-state index in [1.54, 1.807) is 11.7 Å². The van der Waals surface area contributed by atoms with Crippen molar-refractivity contribution >= 4 is 16.9 Å². The maximum absolute atomic E-state index is 13.2. The molecule has 2 aliphatic rings. The fraction of sp³-hybridized carbons (Fsp3) is 0.381. The lowest BCUT2D eigenvalue weighted by molar-refractivity contribution is 0.0934. The number of aryl methyl sites for hydroxylation is 2. The normalized spacial score (nSPS) is 19.1. The lowest BCUT2D eigenvalue weighted by Crippen LogP contribution is -2.31. The van der Waals surface area contributed by atoms with Gasteiger partial charge in [-0.1, -0.05) is 24.3 Å². The number of aromatic nitrogens is 3. The molecule has 1 atom stereocenters. The fourth-order valence-electron chi connectivity index (χ4n) is 4.19. The lowest BCUT2D eigenvalue weighted by atomic mass is 9.87. The van der Waals surface area contributed by atoms with Crippen molar-refractivity contribution in [1.82, 2.24) is 20.1 Å². The summed E-state index contributed by atoms with van der Waals surface area (Å²) in [4.78, 5) is 30.2. The van der Waals surface area contributed by atoms with Gasteiger partial charge in [-0.3, -0.25) is 19.4 Å². The number of hydrogen-bond donors (Lipinski definition) is 2. The summed E-state index contributed by atoms with van der Waals surface area (Å²) >= 11 is 0. The average molecular weight is 362 g/mol. The molecular formula is C21H22N4O2. The third kappa shape index (κ3) is 2.76. The summed E-state index contributed by atoms with van der Waals surface area (Å²) in [6, 6.07) is 10.1. The molecule has 1 amide bonds. The van der Waals surface area contributed by atoms with E-state index in [2.05, 4.69) is 27.5 Å². The Morgan fingerprint density at radius 1 is 1.26 bits per heavy atom. The second kappa shape index (κ2) is 6.08. The lowest BCUT2D eigenvalue weighted by Gasteiger charge is -2.26. The number of pyridine rings is 1. The molecule has 0 bridgehead atoms. The molecule has 6 heteroatoms. The highest BCUT2D eigenvalue weighted by molar-refractivity contribution is 6.05. The van der Waals surface area contributed by atoms with Crippen LogP contribution in [0.5, 0.6) is 0 Å². The van der Waals surface area contributed by atoms with Crippen LogP contribution in [0.2, 0.25) is 0 Å². The van der Waals surface area contributed by atoms with Gasteiger partial charge in [0, 0.05) is 18.7 Å². The molecule has 27 heavy (non-hydrogen) atoms. The topological polar surface area (TPSA) is 79.8 Å². The molecule has 2 N–H and O–H groups in total. The largest absolute Gasteiger partial charge is 0.345 e. The minimum atomic E-state index is -0.267. The molecule has 1 aromatic carbocycles. The van der Waals surface area contributed by atoms with Gasteiger partial charge in [-0.25, -0.2) is 4.98 Å². The molecule has 0 saturated heterocycles. The van der Waals surface area contributed by atoms with Crippen LogP contribution in [0, 0.1) is 0 Å². The molecule has 0 radical (unpaired) electrons. The summed E-state index contributed by atoms with van der Waals surface area (Å²) in [5.41, 5.74) is 4.12. The van der Waals surface area contributed by atoms with Gasteiger partial charge in [0.15, 0.2) is 5.65 Å². The number of nitrogens with one attached hydrogen (secondary N) is 2. The van der Waals surface area contributed by atoms with Crippen LogP contribution in [0.1, 0.15) is 64.8 Å². The van der Waals surface area contributed by atoms with Crippen molar-refractivity contribution in [2.45, 2.75) is 44.1 Å². The number of carbonyl (C=O) groups is 1. The van der Waals surface area contributed by atoms with Gasteiger partial charge >= 0.3 is 0 Å². The van der Waals surface area contributed by atoms with Crippen LogP contribution in [0.3, 0.4) is 0 Å². The Balaban J connectivity index is 1.56. The van der Waals surface area contributed by atoms with Crippen LogP contribution in [-0.2, 0) is 13.5 Å². The van der Waals surface area contributed by atoms with E-state index in [0.717, 1.165) is 37.8 Å². The molecule has 3 aromatic rings. The number of amides is 1. The zero-order valence-corrected chi connectivity index (χ0v) is 15.3. The van der Waals surface area contributed by atoms with E-state index in [1.807, 2.05) is 18.2 Å². The van der Waals surface area contributed by atoms with Crippen LogP contribution < -0.4 is 10.9 Å². The molecule has 0 spiro atoms. The Morgan fingerprint density at radius 2 is 2.07 bits per heavy atom.